The molecule has 90 valence electrons. The van der Waals surface area contributed by atoms with Crippen LogP contribution < -0.4 is 0 Å². The zero-order valence-corrected chi connectivity index (χ0v) is 9.94. The van der Waals surface area contributed by atoms with Crippen molar-refractivity contribution in [2.75, 3.05) is 13.7 Å². The molecule has 0 aliphatic carbocycles. The third kappa shape index (κ3) is 2.75. The summed E-state index contributed by atoms with van der Waals surface area (Å²) in [6.45, 7) is 0.514. The summed E-state index contributed by atoms with van der Waals surface area (Å²) in [5.74, 6) is 0.827. The average Bonchev–Trinajstić information content (AvgIpc) is 2.78. The summed E-state index contributed by atoms with van der Waals surface area (Å²) in [5.41, 5.74) is 0.425. The van der Waals surface area contributed by atoms with Crippen LogP contribution in [0.1, 0.15) is 5.82 Å². The van der Waals surface area contributed by atoms with Crippen molar-refractivity contribution < 1.29 is 14.4 Å². The van der Waals surface area contributed by atoms with Crippen LogP contribution in [0.3, 0.4) is 0 Å². The Kier molecular flexibility index (Phi) is 3.61. The number of benzene rings is 1. The number of methoxy groups -OCH3 is 1. The van der Waals surface area contributed by atoms with E-state index in [2.05, 4.69) is 10.1 Å². The minimum absolute atomic E-state index is 0.0522. The lowest BCUT2D eigenvalue weighted by Gasteiger charge is -1.98. The summed E-state index contributed by atoms with van der Waals surface area (Å²) < 4.78 is 9.96. The van der Waals surface area contributed by atoms with Crippen LogP contribution in [-0.2, 0) is 11.2 Å². The van der Waals surface area contributed by atoms with Gasteiger partial charge in [-0.2, -0.15) is 4.98 Å². The van der Waals surface area contributed by atoms with Crippen molar-refractivity contribution in [3.8, 4) is 17.2 Å². The number of phenols is 1. The molecule has 0 saturated carbocycles. The summed E-state index contributed by atoms with van der Waals surface area (Å²) >= 11 is 5.84. The fourth-order valence-corrected chi connectivity index (χ4v) is 1.51. The van der Waals surface area contributed by atoms with E-state index in [1.165, 1.54) is 6.07 Å². The van der Waals surface area contributed by atoms with Crippen LogP contribution in [0.25, 0.3) is 11.5 Å². The minimum atomic E-state index is 0.0522. The van der Waals surface area contributed by atoms with Crippen LogP contribution >= 0.6 is 11.6 Å². The van der Waals surface area contributed by atoms with Gasteiger partial charge in [-0.05, 0) is 18.2 Å². The molecule has 0 atom stereocenters. The van der Waals surface area contributed by atoms with Crippen molar-refractivity contribution >= 4 is 11.6 Å². The Morgan fingerprint density at radius 1 is 1.47 bits per heavy atom. The summed E-state index contributed by atoms with van der Waals surface area (Å²) in [7, 11) is 1.60. The van der Waals surface area contributed by atoms with Crippen molar-refractivity contribution in [2.24, 2.45) is 0 Å². The Labute approximate surface area is 103 Å². The first kappa shape index (κ1) is 11.9. The Morgan fingerprint density at radius 3 is 3.06 bits per heavy atom. The van der Waals surface area contributed by atoms with Crippen LogP contribution in [-0.4, -0.2) is 29.0 Å². The molecule has 0 saturated heterocycles. The van der Waals surface area contributed by atoms with E-state index < -0.39 is 0 Å². The third-order valence-electron chi connectivity index (χ3n) is 2.19. The van der Waals surface area contributed by atoms with Gasteiger partial charge in [-0.15, -0.1) is 0 Å². The molecule has 17 heavy (non-hydrogen) atoms. The molecule has 1 aromatic heterocycles. The highest BCUT2D eigenvalue weighted by Crippen LogP contribution is 2.30. The van der Waals surface area contributed by atoms with Gasteiger partial charge in [0.15, 0.2) is 5.82 Å². The molecule has 0 amide bonds. The van der Waals surface area contributed by atoms with Crippen LogP contribution in [0.15, 0.2) is 22.7 Å². The van der Waals surface area contributed by atoms with Crippen LogP contribution in [0, 0.1) is 0 Å². The van der Waals surface area contributed by atoms with Crippen LogP contribution in [0.4, 0.5) is 0 Å². The Bertz CT molecular complexity index is 513. The van der Waals surface area contributed by atoms with Crippen molar-refractivity contribution in [1.82, 2.24) is 10.1 Å². The topological polar surface area (TPSA) is 68.4 Å². The molecule has 1 heterocycles. The fourth-order valence-electron chi connectivity index (χ4n) is 1.34. The second-order valence-electron chi connectivity index (χ2n) is 3.42. The maximum absolute atomic E-state index is 9.66. The highest BCUT2D eigenvalue weighted by Gasteiger charge is 2.13. The van der Waals surface area contributed by atoms with E-state index in [0.29, 0.717) is 29.4 Å². The molecular formula is C11H11ClN2O3. The number of hydrogen-bond acceptors (Lipinski definition) is 5. The second-order valence-corrected chi connectivity index (χ2v) is 3.86. The van der Waals surface area contributed by atoms with E-state index in [9.17, 15) is 5.11 Å². The molecule has 0 aliphatic heterocycles. The number of aromatic nitrogens is 2. The Morgan fingerprint density at radius 2 is 2.29 bits per heavy atom. The Hall–Kier alpha value is -1.59. The van der Waals surface area contributed by atoms with Gasteiger partial charge < -0.3 is 14.4 Å². The number of ether oxygens (including phenoxy) is 1. The molecule has 1 aromatic carbocycles. The highest BCUT2D eigenvalue weighted by atomic mass is 35.5. The molecule has 2 aromatic rings. The molecule has 5 nitrogen and oxygen atoms in total. The van der Waals surface area contributed by atoms with Gasteiger partial charge in [0.2, 0.25) is 0 Å². The van der Waals surface area contributed by atoms with Crippen LogP contribution in [0.5, 0.6) is 5.75 Å². The van der Waals surface area contributed by atoms with E-state index in [4.69, 9.17) is 20.9 Å². The normalized spacial score (nSPS) is 10.7. The summed E-state index contributed by atoms with van der Waals surface area (Å²) in [4.78, 5) is 4.14. The van der Waals surface area contributed by atoms with Crippen LogP contribution in [0.2, 0.25) is 5.02 Å². The lowest BCUT2D eigenvalue weighted by molar-refractivity contribution is 0.199. The molecule has 0 radical (unpaired) electrons. The van der Waals surface area contributed by atoms with Crippen molar-refractivity contribution in [3.05, 3.63) is 29.0 Å². The van der Waals surface area contributed by atoms with Crippen molar-refractivity contribution in [2.45, 2.75) is 6.42 Å². The molecule has 0 spiro atoms. The number of hydrogen-bond donors (Lipinski definition) is 1. The van der Waals surface area contributed by atoms with E-state index in [1.807, 2.05) is 0 Å². The number of nitrogens with zero attached hydrogens (tertiary/aromatic N) is 2. The molecule has 0 aliphatic rings. The van der Waals surface area contributed by atoms with Gasteiger partial charge >= 0.3 is 0 Å². The average molecular weight is 255 g/mol. The van der Waals surface area contributed by atoms with Gasteiger partial charge in [-0.1, -0.05) is 16.8 Å². The maximum Gasteiger partial charge on any atom is 0.261 e. The molecule has 2 rings (SSSR count). The molecule has 0 bridgehead atoms. The van der Waals surface area contributed by atoms with Gasteiger partial charge in [-0.3, -0.25) is 0 Å². The van der Waals surface area contributed by atoms with Gasteiger partial charge in [-0.25, -0.2) is 0 Å². The van der Waals surface area contributed by atoms with Gasteiger partial charge in [0.25, 0.3) is 5.89 Å². The lowest BCUT2D eigenvalue weighted by Crippen LogP contribution is -1.96. The summed E-state index contributed by atoms with van der Waals surface area (Å²) in [5, 5.41) is 13.9. The molecule has 0 unspecified atom stereocenters. The van der Waals surface area contributed by atoms with Crippen molar-refractivity contribution in [3.63, 3.8) is 0 Å². The SMILES string of the molecule is COCCc1noc(-c2cc(Cl)ccc2O)n1. The molecular weight excluding hydrogens is 244 g/mol. The summed E-state index contributed by atoms with van der Waals surface area (Å²) in [6.07, 6.45) is 0.557. The molecule has 6 heteroatoms. The van der Waals surface area contributed by atoms with Gasteiger partial charge in [0.05, 0.1) is 12.2 Å². The predicted molar refractivity (Wildman–Crippen MR) is 62.0 cm³/mol. The van der Waals surface area contributed by atoms with E-state index in [0.717, 1.165) is 0 Å². The minimum Gasteiger partial charge on any atom is -0.507 e. The first-order valence-electron chi connectivity index (χ1n) is 5.01. The number of phenolic OH excluding ortho intramolecular Hbond substituents is 1. The molecule has 1 N–H and O–H groups in total. The predicted octanol–water partition coefficient (Wildman–Crippen LogP) is 2.28. The largest absolute Gasteiger partial charge is 0.507 e. The quantitative estimate of drug-likeness (QED) is 0.907. The van der Waals surface area contributed by atoms with E-state index in [-0.39, 0.29) is 11.6 Å². The number of aromatic hydroxyl groups is 1. The van der Waals surface area contributed by atoms with Gasteiger partial charge in [0, 0.05) is 18.6 Å². The smallest absolute Gasteiger partial charge is 0.261 e. The van der Waals surface area contributed by atoms with Crippen molar-refractivity contribution in [1.29, 1.82) is 0 Å². The van der Waals surface area contributed by atoms with E-state index >= 15 is 0 Å². The first-order chi connectivity index (χ1) is 8.20. The molecule has 0 fully saturated rings. The number of rotatable bonds is 4. The second kappa shape index (κ2) is 5.16. The zero-order chi connectivity index (χ0) is 12.3. The number of halogens is 1. The highest BCUT2D eigenvalue weighted by molar-refractivity contribution is 6.30. The zero-order valence-electron chi connectivity index (χ0n) is 9.18. The fraction of sp³-hybridized carbons (Fsp3) is 0.273. The monoisotopic (exact) mass is 254 g/mol. The third-order valence-corrected chi connectivity index (χ3v) is 2.42. The first-order valence-corrected chi connectivity index (χ1v) is 5.39. The Balaban J connectivity index is 2.27. The summed E-state index contributed by atoms with van der Waals surface area (Å²) in [6, 6.07) is 4.64. The standard InChI is InChI=1S/C11H11ClN2O3/c1-16-5-4-10-13-11(17-14-10)8-6-7(12)2-3-9(8)15/h2-3,6,15H,4-5H2,1H3. The maximum atomic E-state index is 9.66. The lowest BCUT2D eigenvalue weighted by atomic mass is 10.2. The van der Waals surface area contributed by atoms with Gasteiger partial charge in [0.1, 0.15) is 5.75 Å². The van der Waals surface area contributed by atoms with E-state index in [1.54, 1.807) is 19.2 Å².